The van der Waals surface area contributed by atoms with E-state index in [-0.39, 0.29) is 16.8 Å². The van der Waals surface area contributed by atoms with Crippen LogP contribution in [-0.2, 0) is 12.0 Å². The van der Waals surface area contributed by atoms with Crippen LogP contribution in [0.25, 0.3) is 16.7 Å². The molecule has 0 bridgehead atoms. The van der Waals surface area contributed by atoms with Gasteiger partial charge in [0.1, 0.15) is 11.6 Å². The van der Waals surface area contributed by atoms with Crippen LogP contribution in [0.3, 0.4) is 0 Å². The molecule has 0 saturated carbocycles. The highest BCUT2D eigenvalue weighted by Gasteiger charge is 2.27. The maximum absolute atomic E-state index is 14.0. The molecule has 1 heterocycles. The number of hydrogen-bond donors (Lipinski definition) is 2. The smallest absolute Gasteiger partial charge is 0.129 e. The number of methoxy groups -OCH3 is 1. The summed E-state index contributed by atoms with van der Waals surface area (Å²) >= 11 is 0. The number of allylic oxidation sites excluding steroid dienone is 1. The summed E-state index contributed by atoms with van der Waals surface area (Å²) in [6.45, 7) is 13.8. The fourth-order valence-corrected chi connectivity index (χ4v) is 5.00. The molecule has 0 fully saturated rings. The van der Waals surface area contributed by atoms with E-state index in [2.05, 4.69) is 94.7 Å². The average molecular weight is 459 g/mol. The minimum atomic E-state index is -0.308. The maximum Gasteiger partial charge on any atom is 0.129 e. The molecule has 3 aromatic rings. The molecule has 1 aliphatic heterocycles. The SMILES string of the molecule is COc1cc(F)ccc1-c1ccc2c(c1CNc1ccccc1C(C)(C)C)C(C)=CC(C)(C)N2. The molecule has 0 amide bonds. The van der Waals surface area contributed by atoms with Crippen LogP contribution >= 0.6 is 0 Å². The summed E-state index contributed by atoms with van der Waals surface area (Å²) in [5.41, 5.74) is 8.86. The van der Waals surface area contributed by atoms with E-state index in [9.17, 15) is 4.39 Å². The van der Waals surface area contributed by atoms with Gasteiger partial charge in [-0.15, -0.1) is 0 Å². The maximum atomic E-state index is 14.0. The molecule has 178 valence electrons. The molecule has 0 aliphatic carbocycles. The normalized spacial score (nSPS) is 14.6. The van der Waals surface area contributed by atoms with Gasteiger partial charge >= 0.3 is 0 Å². The van der Waals surface area contributed by atoms with Crippen LogP contribution in [0.4, 0.5) is 15.8 Å². The molecule has 3 aromatic carbocycles. The van der Waals surface area contributed by atoms with Crippen LogP contribution in [0, 0.1) is 5.82 Å². The summed E-state index contributed by atoms with van der Waals surface area (Å²) in [6.07, 6.45) is 2.27. The summed E-state index contributed by atoms with van der Waals surface area (Å²) in [5.74, 6) is 0.221. The van der Waals surface area contributed by atoms with E-state index >= 15 is 0 Å². The molecular weight excluding hydrogens is 423 g/mol. The lowest BCUT2D eigenvalue weighted by atomic mass is 9.84. The third kappa shape index (κ3) is 4.68. The summed E-state index contributed by atoms with van der Waals surface area (Å²) in [5, 5.41) is 7.38. The molecule has 1 aliphatic rings. The largest absolute Gasteiger partial charge is 0.496 e. The Balaban J connectivity index is 1.87. The molecule has 3 nitrogen and oxygen atoms in total. The van der Waals surface area contributed by atoms with Gasteiger partial charge in [-0.3, -0.25) is 0 Å². The Labute approximate surface area is 203 Å². The Morgan fingerprint density at radius 3 is 2.41 bits per heavy atom. The van der Waals surface area contributed by atoms with Gasteiger partial charge in [-0.25, -0.2) is 4.39 Å². The van der Waals surface area contributed by atoms with Gasteiger partial charge in [-0.05, 0) is 72.7 Å². The van der Waals surface area contributed by atoms with Crippen molar-refractivity contribution in [2.75, 3.05) is 17.7 Å². The second-order valence-electron chi connectivity index (χ2n) is 10.7. The zero-order chi connectivity index (χ0) is 24.7. The van der Waals surface area contributed by atoms with Crippen molar-refractivity contribution < 1.29 is 9.13 Å². The fraction of sp³-hybridized carbons (Fsp3) is 0.333. The van der Waals surface area contributed by atoms with Crippen LogP contribution in [0.15, 0.2) is 60.7 Å². The Morgan fingerprint density at radius 2 is 1.71 bits per heavy atom. The minimum Gasteiger partial charge on any atom is -0.496 e. The summed E-state index contributed by atoms with van der Waals surface area (Å²) in [7, 11) is 1.59. The molecule has 4 heteroatoms. The Morgan fingerprint density at radius 1 is 1.00 bits per heavy atom. The molecule has 2 N–H and O–H groups in total. The highest BCUT2D eigenvalue weighted by atomic mass is 19.1. The molecular formula is C30H35FN2O. The zero-order valence-corrected chi connectivity index (χ0v) is 21.3. The second kappa shape index (κ2) is 8.83. The van der Waals surface area contributed by atoms with Crippen LogP contribution < -0.4 is 15.4 Å². The van der Waals surface area contributed by atoms with Gasteiger partial charge in [-0.2, -0.15) is 0 Å². The predicted molar refractivity (Wildman–Crippen MR) is 142 cm³/mol. The standard InChI is InChI=1S/C30H35FN2O/c1-19-17-30(5,6)33-26-15-14-21(22-13-12-20(31)16-27(22)34-7)23(28(19)26)18-32-25-11-9-8-10-24(25)29(2,3)4/h8-17,32-33H,18H2,1-7H3. The summed E-state index contributed by atoms with van der Waals surface area (Å²) < 4.78 is 19.6. The second-order valence-corrected chi connectivity index (χ2v) is 10.7. The topological polar surface area (TPSA) is 33.3 Å². The van der Waals surface area contributed by atoms with Gasteiger partial charge in [0.2, 0.25) is 0 Å². The lowest BCUT2D eigenvalue weighted by Crippen LogP contribution is -2.32. The van der Waals surface area contributed by atoms with E-state index in [4.69, 9.17) is 4.74 Å². The summed E-state index contributed by atoms with van der Waals surface area (Å²) in [6, 6.07) is 17.5. The third-order valence-corrected chi connectivity index (χ3v) is 6.39. The monoisotopic (exact) mass is 458 g/mol. The molecule has 0 unspecified atom stereocenters. The highest BCUT2D eigenvalue weighted by Crippen LogP contribution is 2.43. The first-order chi connectivity index (χ1) is 16.0. The Kier molecular flexibility index (Phi) is 6.20. The van der Waals surface area contributed by atoms with Gasteiger partial charge < -0.3 is 15.4 Å². The number of fused-ring (bicyclic) bond motifs is 1. The molecule has 4 rings (SSSR count). The van der Waals surface area contributed by atoms with Crippen molar-refractivity contribution in [3.63, 3.8) is 0 Å². The zero-order valence-electron chi connectivity index (χ0n) is 21.3. The number of hydrogen-bond acceptors (Lipinski definition) is 3. The van der Waals surface area contributed by atoms with Gasteiger partial charge in [0.25, 0.3) is 0 Å². The first kappa shape index (κ1) is 23.9. The molecule has 0 radical (unpaired) electrons. The van der Waals surface area contributed by atoms with Crippen molar-refractivity contribution in [2.24, 2.45) is 0 Å². The van der Waals surface area contributed by atoms with E-state index in [0.29, 0.717) is 12.3 Å². The number of halogens is 1. The fourth-order valence-electron chi connectivity index (χ4n) is 5.00. The van der Waals surface area contributed by atoms with Crippen LogP contribution in [0.2, 0.25) is 0 Å². The molecule has 0 spiro atoms. The van der Waals surface area contributed by atoms with Gasteiger partial charge in [0.05, 0.1) is 12.6 Å². The Hall–Kier alpha value is -3.27. The molecule has 0 atom stereocenters. The summed E-state index contributed by atoms with van der Waals surface area (Å²) in [4.78, 5) is 0. The number of rotatable bonds is 5. The number of nitrogens with one attached hydrogen (secondary N) is 2. The number of anilines is 2. The van der Waals surface area contributed by atoms with Crippen molar-refractivity contribution in [1.29, 1.82) is 0 Å². The van der Waals surface area contributed by atoms with E-state index in [1.165, 1.54) is 28.8 Å². The number of benzene rings is 3. The Bertz CT molecular complexity index is 1250. The quantitative estimate of drug-likeness (QED) is 0.406. The minimum absolute atomic E-state index is 0.0180. The van der Waals surface area contributed by atoms with Gasteiger partial charge in [0, 0.05) is 35.1 Å². The van der Waals surface area contributed by atoms with Crippen molar-refractivity contribution in [2.45, 2.75) is 59.0 Å². The van der Waals surface area contributed by atoms with Crippen LogP contribution in [0.1, 0.15) is 58.2 Å². The third-order valence-electron chi connectivity index (χ3n) is 6.39. The van der Waals surface area contributed by atoms with E-state index in [1.54, 1.807) is 7.11 Å². The van der Waals surface area contributed by atoms with Crippen molar-refractivity contribution in [3.8, 4) is 16.9 Å². The first-order valence-electron chi connectivity index (χ1n) is 11.8. The van der Waals surface area contributed by atoms with Crippen molar-refractivity contribution in [3.05, 3.63) is 83.2 Å². The van der Waals surface area contributed by atoms with Gasteiger partial charge in [-0.1, -0.05) is 51.1 Å². The average Bonchev–Trinajstić information content (AvgIpc) is 2.76. The van der Waals surface area contributed by atoms with E-state index in [1.807, 2.05) is 6.07 Å². The van der Waals surface area contributed by atoms with Crippen molar-refractivity contribution in [1.82, 2.24) is 0 Å². The van der Waals surface area contributed by atoms with Gasteiger partial charge in [0.15, 0.2) is 0 Å². The molecule has 0 aromatic heterocycles. The van der Waals surface area contributed by atoms with Crippen molar-refractivity contribution >= 4 is 16.9 Å². The van der Waals surface area contributed by atoms with Crippen LogP contribution in [0.5, 0.6) is 5.75 Å². The highest BCUT2D eigenvalue weighted by molar-refractivity contribution is 5.88. The predicted octanol–water partition coefficient (Wildman–Crippen LogP) is 8.02. The lowest BCUT2D eigenvalue weighted by Gasteiger charge is -2.34. The van der Waals surface area contributed by atoms with E-state index in [0.717, 1.165) is 28.1 Å². The molecule has 0 saturated heterocycles. The number of para-hydroxylation sites is 1. The lowest BCUT2D eigenvalue weighted by molar-refractivity contribution is 0.413. The van der Waals surface area contributed by atoms with Crippen LogP contribution in [-0.4, -0.2) is 12.6 Å². The van der Waals surface area contributed by atoms with E-state index < -0.39 is 0 Å². The molecule has 34 heavy (non-hydrogen) atoms. The number of ether oxygens (including phenoxy) is 1. The first-order valence-corrected chi connectivity index (χ1v) is 11.8.